The van der Waals surface area contributed by atoms with Gasteiger partial charge >= 0.3 is 0 Å². The lowest BCUT2D eigenvalue weighted by atomic mass is 10.0. The Bertz CT molecular complexity index is 1020. The minimum Gasteiger partial charge on any atom is -0.457 e. The molecule has 0 aliphatic carbocycles. The molecule has 0 N–H and O–H groups in total. The van der Waals surface area contributed by atoms with Crippen LogP contribution in [0.4, 0.5) is 5.69 Å². The van der Waals surface area contributed by atoms with Crippen molar-refractivity contribution in [1.29, 1.82) is 0 Å². The number of carbonyl (C=O) groups excluding carboxylic acids is 1. The summed E-state index contributed by atoms with van der Waals surface area (Å²) in [7, 11) is 0. The number of anilines is 1. The number of rotatable bonds is 6. The number of carbonyl (C=O) groups is 1. The van der Waals surface area contributed by atoms with Crippen molar-refractivity contribution in [2.45, 2.75) is 26.8 Å². The Morgan fingerprint density at radius 2 is 1.48 bits per heavy atom. The third-order valence-electron chi connectivity index (χ3n) is 6.26. The first kappa shape index (κ1) is 21.1. The predicted molar refractivity (Wildman–Crippen MR) is 126 cm³/mol. The van der Waals surface area contributed by atoms with Gasteiger partial charge in [0.15, 0.2) is 0 Å². The van der Waals surface area contributed by atoms with Crippen molar-refractivity contribution in [2.24, 2.45) is 0 Å². The highest BCUT2D eigenvalue weighted by Gasteiger charge is 2.23. The van der Waals surface area contributed by atoms with Crippen molar-refractivity contribution in [3.8, 4) is 11.5 Å². The summed E-state index contributed by atoms with van der Waals surface area (Å²) in [4.78, 5) is 16.2. The van der Waals surface area contributed by atoms with E-state index in [1.807, 2.05) is 43.3 Å². The molecule has 1 atom stereocenters. The molecule has 3 aromatic rings. The molecule has 0 radical (unpaired) electrons. The number of piperazine rings is 1. The number of ether oxygens (including phenoxy) is 1. The zero-order chi connectivity index (χ0) is 21.8. The van der Waals surface area contributed by atoms with Crippen LogP contribution in [-0.2, 0) is 0 Å². The van der Waals surface area contributed by atoms with Crippen molar-refractivity contribution in [2.75, 3.05) is 31.1 Å². The summed E-state index contributed by atoms with van der Waals surface area (Å²) in [5, 5.41) is 0. The van der Waals surface area contributed by atoms with Crippen molar-refractivity contribution in [3.63, 3.8) is 0 Å². The Hall–Kier alpha value is -3.11. The molecule has 31 heavy (non-hydrogen) atoms. The molecule has 0 unspecified atom stereocenters. The highest BCUT2D eigenvalue weighted by molar-refractivity contribution is 5.79. The van der Waals surface area contributed by atoms with Gasteiger partial charge in [0.25, 0.3) is 0 Å². The number of para-hydroxylation sites is 1. The Kier molecular flexibility index (Phi) is 6.38. The second-order valence-electron chi connectivity index (χ2n) is 8.30. The fraction of sp³-hybridized carbons (Fsp3) is 0.296. The highest BCUT2D eigenvalue weighted by atomic mass is 16.5. The minimum atomic E-state index is 0.355. The van der Waals surface area contributed by atoms with E-state index < -0.39 is 0 Å². The van der Waals surface area contributed by atoms with Gasteiger partial charge in [0.05, 0.1) is 0 Å². The van der Waals surface area contributed by atoms with Crippen LogP contribution in [0.1, 0.15) is 40.0 Å². The monoisotopic (exact) mass is 414 g/mol. The lowest BCUT2D eigenvalue weighted by Gasteiger charge is -2.40. The maximum Gasteiger partial charge on any atom is 0.150 e. The highest BCUT2D eigenvalue weighted by Crippen LogP contribution is 2.29. The largest absolute Gasteiger partial charge is 0.457 e. The Morgan fingerprint density at radius 3 is 2.13 bits per heavy atom. The molecule has 0 spiro atoms. The van der Waals surface area contributed by atoms with Gasteiger partial charge in [-0.3, -0.25) is 9.69 Å². The molecule has 1 saturated heterocycles. The van der Waals surface area contributed by atoms with E-state index >= 15 is 0 Å². The predicted octanol–water partition coefficient (Wildman–Crippen LogP) is 5.79. The molecule has 1 heterocycles. The van der Waals surface area contributed by atoms with Gasteiger partial charge in [0, 0.05) is 43.5 Å². The van der Waals surface area contributed by atoms with Crippen LogP contribution in [0.3, 0.4) is 0 Å². The van der Waals surface area contributed by atoms with E-state index in [-0.39, 0.29) is 0 Å². The van der Waals surface area contributed by atoms with Gasteiger partial charge in [-0.1, -0.05) is 30.3 Å². The number of aldehydes is 1. The van der Waals surface area contributed by atoms with Crippen LogP contribution in [0.5, 0.6) is 11.5 Å². The molecule has 4 rings (SSSR count). The fourth-order valence-electron chi connectivity index (χ4n) is 4.29. The van der Waals surface area contributed by atoms with Gasteiger partial charge < -0.3 is 9.64 Å². The quantitative estimate of drug-likeness (QED) is 0.478. The summed E-state index contributed by atoms with van der Waals surface area (Å²) >= 11 is 0. The van der Waals surface area contributed by atoms with Crippen LogP contribution in [0, 0.1) is 13.8 Å². The van der Waals surface area contributed by atoms with E-state index in [0.29, 0.717) is 6.04 Å². The van der Waals surface area contributed by atoms with Gasteiger partial charge in [0.1, 0.15) is 17.8 Å². The third-order valence-corrected chi connectivity index (χ3v) is 6.26. The van der Waals surface area contributed by atoms with Crippen LogP contribution < -0.4 is 9.64 Å². The Balaban J connectivity index is 1.37. The van der Waals surface area contributed by atoms with E-state index in [1.54, 1.807) is 0 Å². The molecule has 1 aliphatic rings. The average Bonchev–Trinajstić information content (AvgIpc) is 2.81. The number of benzene rings is 3. The lowest BCUT2D eigenvalue weighted by molar-refractivity contribution is 0.112. The number of aryl methyl sites for hydroxylation is 2. The zero-order valence-corrected chi connectivity index (χ0v) is 18.5. The first-order valence-electron chi connectivity index (χ1n) is 10.9. The SMILES string of the molecule is Cc1cc(N2CCN([C@@H](C)c3ccc(Oc4ccccc4)cc3)CC2)c(C)cc1C=O. The number of nitrogens with zero attached hydrogens (tertiary/aromatic N) is 2. The van der Waals surface area contributed by atoms with Crippen molar-refractivity contribution >= 4 is 12.0 Å². The van der Waals surface area contributed by atoms with E-state index in [9.17, 15) is 4.79 Å². The maximum absolute atomic E-state index is 11.2. The summed E-state index contributed by atoms with van der Waals surface area (Å²) in [6.07, 6.45) is 0.946. The molecule has 1 fully saturated rings. The molecule has 4 nitrogen and oxygen atoms in total. The summed E-state index contributed by atoms with van der Waals surface area (Å²) < 4.78 is 5.92. The van der Waals surface area contributed by atoms with Crippen molar-refractivity contribution in [3.05, 3.63) is 89.0 Å². The summed E-state index contributed by atoms with van der Waals surface area (Å²) in [6.45, 7) is 10.4. The van der Waals surface area contributed by atoms with Crippen molar-refractivity contribution in [1.82, 2.24) is 4.90 Å². The molecule has 0 aromatic heterocycles. The Labute approximate surface area is 185 Å². The van der Waals surface area contributed by atoms with Gasteiger partial charge in [-0.05, 0) is 73.9 Å². The van der Waals surface area contributed by atoms with E-state index in [4.69, 9.17) is 4.74 Å². The van der Waals surface area contributed by atoms with Gasteiger partial charge in [-0.25, -0.2) is 0 Å². The van der Waals surface area contributed by atoms with Gasteiger partial charge in [-0.15, -0.1) is 0 Å². The zero-order valence-electron chi connectivity index (χ0n) is 18.5. The van der Waals surface area contributed by atoms with Crippen LogP contribution in [0.25, 0.3) is 0 Å². The first-order valence-corrected chi connectivity index (χ1v) is 10.9. The second-order valence-corrected chi connectivity index (χ2v) is 8.30. The molecule has 3 aromatic carbocycles. The third kappa shape index (κ3) is 4.80. The van der Waals surface area contributed by atoms with Crippen LogP contribution in [0.2, 0.25) is 0 Å². The molecule has 4 heteroatoms. The average molecular weight is 415 g/mol. The summed E-state index contributed by atoms with van der Waals surface area (Å²) in [5.41, 5.74) is 5.55. The van der Waals surface area contributed by atoms with E-state index in [1.165, 1.54) is 16.8 Å². The molecule has 160 valence electrons. The standard InChI is InChI=1S/C27H30N2O2/c1-20-18-27(21(2)17-24(20)19-30)29-15-13-28(14-16-29)22(3)23-9-11-26(12-10-23)31-25-7-5-4-6-8-25/h4-12,17-19,22H,13-16H2,1-3H3/t22-/m0/s1. The maximum atomic E-state index is 11.2. The minimum absolute atomic E-state index is 0.355. The van der Waals surface area contributed by atoms with Crippen LogP contribution >= 0.6 is 0 Å². The molecular formula is C27H30N2O2. The van der Waals surface area contributed by atoms with Crippen LogP contribution in [0.15, 0.2) is 66.7 Å². The van der Waals surface area contributed by atoms with Crippen LogP contribution in [-0.4, -0.2) is 37.4 Å². The summed E-state index contributed by atoms with van der Waals surface area (Å²) in [6, 6.07) is 22.8. The lowest BCUT2D eigenvalue weighted by Crippen LogP contribution is -2.47. The van der Waals surface area contributed by atoms with E-state index in [2.05, 4.69) is 54.0 Å². The molecular weight excluding hydrogens is 384 g/mol. The van der Waals surface area contributed by atoms with E-state index in [0.717, 1.165) is 55.1 Å². The van der Waals surface area contributed by atoms with Crippen molar-refractivity contribution < 1.29 is 9.53 Å². The van der Waals surface area contributed by atoms with Gasteiger partial charge in [-0.2, -0.15) is 0 Å². The Morgan fingerprint density at radius 1 is 0.839 bits per heavy atom. The summed E-state index contributed by atoms with van der Waals surface area (Å²) in [5.74, 6) is 1.71. The molecule has 1 aliphatic heterocycles. The number of hydrogen-bond acceptors (Lipinski definition) is 4. The topological polar surface area (TPSA) is 32.8 Å². The first-order chi connectivity index (χ1) is 15.0. The normalized spacial score (nSPS) is 15.5. The smallest absolute Gasteiger partial charge is 0.150 e. The molecule has 0 amide bonds. The second kappa shape index (κ2) is 9.36. The molecule has 0 bridgehead atoms. The fourth-order valence-corrected chi connectivity index (χ4v) is 4.29. The number of hydrogen-bond donors (Lipinski definition) is 0. The van der Waals surface area contributed by atoms with Gasteiger partial charge in [0.2, 0.25) is 0 Å². The molecule has 0 saturated carbocycles.